The molecule has 5 nitrogen and oxygen atoms in total. The van der Waals surface area contributed by atoms with Crippen LogP contribution in [0.4, 0.5) is 5.82 Å². The molecule has 1 atom stereocenters. The van der Waals surface area contributed by atoms with Crippen molar-refractivity contribution in [3.63, 3.8) is 0 Å². The largest absolute Gasteiger partial charge is 0.387 e. The number of nitrogens with zero attached hydrogens (tertiary/aromatic N) is 3. The van der Waals surface area contributed by atoms with Crippen LogP contribution in [0.5, 0.6) is 0 Å². The van der Waals surface area contributed by atoms with E-state index >= 15 is 0 Å². The van der Waals surface area contributed by atoms with Crippen molar-refractivity contribution < 1.29 is 9.84 Å². The maximum atomic E-state index is 10.6. The summed E-state index contributed by atoms with van der Waals surface area (Å²) >= 11 is 0. The zero-order valence-corrected chi connectivity index (χ0v) is 13.6. The van der Waals surface area contributed by atoms with Gasteiger partial charge in [-0.15, -0.1) is 0 Å². The number of aryl methyl sites for hydroxylation is 1. The van der Waals surface area contributed by atoms with Crippen LogP contribution < -0.4 is 4.90 Å². The van der Waals surface area contributed by atoms with Crippen molar-refractivity contribution in [3.8, 4) is 0 Å². The topological polar surface area (TPSA) is 58.5 Å². The number of hydrogen-bond acceptors (Lipinski definition) is 5. The zero-order chi connectivity index (χ0) is 16.2. The first-order chi connectivity index (χ1) is 11.2. The number of anilines is 1. The molecule has 0 radical (unpaired) electrons. The fourth-order valence-electron chi connectivity index (χ4n) is 2.74. The lowest BCUT2D eigenvalue weighted by atomic mass is 10.1. The van der Waals surface area contributed by atoms with E-state index in [2.05, 4.69) is 14.9 Å². The second-order valence-electron chi connectivity index (χ2n) is 6.03. The Hall–Kier alpha value is -1.98. The highest BCUT2D eigenvalue weighted by molar-refractivity contribution is 5.43. The van der Waals surface area contributed by atoms with Crippen molar-refractivity contribution in [3.05, 3.63) is 53.5 Å². The number of rotatable bonds is 7. The summed E-state index contributed by atoms with van der Waals surface area (Å²) in [5.41, 5.74) is 1.85. The number of methoxy groups -OCH3 is 1. The van der Waals surface area contributed by atoms with Crippen LogP contribution in [0, 0.1) is 6.92 Å². The Bertz CT molecular complexity index is 644. The Morgan fingerprint density at radius 3 is 2.65 bits per heavy atom. The summed E-state index contributed by atoms with van der Waals surface area (Å²) in [4.78, 5) is 11.2. The molecular formula is C18H23N3O2. The summed E-state index contributed by atoms with van der Waals surface area (Å²) in [6, 6.07) is 12.2. The third-order valence-electron chi connectivity index (χ3n) is 4.00. The molecule has 1 N–H and O–H groups in total. The van der Waals surface area contributed by atoms with E-state index in [9.17, 15) is 5.11 Å². The molecule has 1 saturated carbocycles. The fraction of sp³-hybridized carbons (Fsp3) is 0.444. The summed E-state index contributed by atoms with van der Waals surface area (Å²) in [5, 5.41) is 10.6. The lowest BCUT2D eigenvalue weighted by molar-refractivity contribution is 0.176. The normalized spacial score (nSPS) is 15.4. The minimum atomic E-state index is -0.530. The van der Waals surface area contributed by atoms with E-state index in [4.69, 9.17) is 4.74 Å². The van der Waals surface area contributed by atoms with E-state index in [0.717, 1.165) is 29.9 Å². The predicted octanol–water partition coefficient (Wildman–Crippen LogP) is 2.63. The van der Waals surface area contributed by atoms with Gasteiger partial charge in [-0.05, 0) is 25.3 Å². The van der Waals surface area contributed by atoms with Crippen LogP contribution in [0.25, 0.3) is 0 Å². The van der Waals surface area contributed by atoms with Gasteiger partial charge >= 0.3 is 0 Å². The van der Waals surface area contributed by atoms with E-state index in [1.165, 1.54) is 0 Å². The lowest BCUT2D eigenvalue weighted by Crippen LogP contribution is -2.32. The second kappa shape index (κ2) is 7.06. The number of ether oxygens (including phenoxy) is 1. The molecular weight excluding hydrogens is 290 g/mol. The summed E-state index contributed by atoms with van der Waals surface area (Å²) < 4.78 is 5.15. The van der Waals surface area contributed by atoms with Gasteiger partial charge in [-0.2, -0.15) is 0 Å². The van der Waals surface area contributed by atoms with Gasteiger partial charge in [-0.3, -0.25) is 0 Å². The second-order valence-corrected chi connectivity index (χ2v) is 6.03. The van der Waals surface area contributed by atoms with Gasteiger partial charge in [0.2, 0.25) is 0 Å². The summed E-state index contributed by atoms with van der Waals surface area (Å²) in [6.45, 7) is 2.90. The molecule has 1 aliphatic rings. The molecule has 23 heavy (non-hydrogen) atoms. The van der Waals surface area contributed by atoms with Gasteiger partial charge in [0.05, 0.1) is 6.10 Å². The smallest absolute Gasteiger partial charge is 0.156 e. The highest BCUT2D eigenvalue weighted by Crippen LogP contribution is 2.32. The molecule has 0 bridgehead atoms. The Morgan fingerprint density at radius 2 is 2.00 bits per heavy atom. The van der Waals surface area contributed by atoms with Gasteiger partial charge in [-0.1, -0.05) is 30.3 Å². The van der Waals surface area contributed by atoms with Gasteiger partial charge in [0.1, 0.15) is 12.4 Å². The molecule has 1 heterocycles. The number of aromatic nitrogens is 2. The van der Waals surface area contributed by atoms with Crippen molar-refractivity contribution in [2.75, 3.05) is 18.6 Å². The Balaban J connectivity index is 1.82. The van der Waals surface area contributed by atoms with Crippen molar-refractivity contribution in [2.24, 2.45) is 0 Å². The summed E-state index contributed by atoms with van der Waals surface area (Å²) in [5.74, 6) is 1.56. The van der Waals surface area contributed by atoms with Crippen molar-refractivity contribution in [2.45, 2.75) is 38.5 Å². The highest BCUT2D eigenvalue weighted by Gasteiger charge is 2.32. The van der Waals surface area contributed by atoms with E-state index in [-0.39, 0.29) is 0 Å². The first kappa shape index (κ1) is 15.9. The average Bonchev–Trinajstić information content (AvgIpc) is 3.37. The maximum Gasteiger partial charge on any atom is 0.156 e. The third kappa shape index (κ3) is 4.06. The molecule has 0 spiro atoms. The number of hydrogen-bond donors (Lipinski definition) is 1. The molecule has 0 saturated heterocycles. The molecule has 1 aromatic heterocycles. The molecule has 1 fully saturated rings. The maximum absolute atomic E-state index is 10.6. The summed E-state index contributed by atoms with van der Waals surface area (Å²) in [6.07, 6.45) is 1.76. The number of aliphatic hydroxyl groups is 1. The van der Waals surface area contributed by atoms with Crippen LogP contribution in [-0.4, -0.2) is 34.8 Å². The highest BCUT2D eigenvalue weighted by atomic mass is 16.5. The summed E-state index contributed by atoms with van der Waals surface area (Å²) in [7, 11) is 1.64. The van der Waals surface area contributed by atoms with Crippen LogP contribution in [-0.2, 0) is 11.3 Å². The van der Waals surface area contributed by atoms with Gasteiger partial charge in [0, 0.05) is 31.5 Å². The SMILES string of the molecule is COCc1nc(C)cc(N(CC(O)c2ccccc2)C2CC2)n1. The number of benzene rings is 1. The Kier molecular flexibility index (Phi) is 4.88. The van der Waals surface area contributed by atoms with E-state index in [0.29, 0.717) is 25.0 Å². The molecule has 1 aliphatic carbocycles. The molecule has 0 amide bonds. The van der Waals surface area contributed by atoms with E-state index < -0.39 is 6.10 Å². The minimum Gasteiger partial charge on any atom is -0.387 e. The Morgan fingerprint density at radius 1 is 1.26 bits per heavy atom. The monoisotopic (exact) mass is 313 g/mol. The Labute approximate surface area is 137 Å². The minimum absolute atomic E-state index is 0.397. The van der Waals surface area contributed by atoms with Crippen molar-refractivity contribution in [1.29, 1.82) is 0 Å². The van der Waals surface area contributed by atoms with Crippen LogP contribution in [0.3, 0.4) is 0 Å². The average molecular weight is 313 g/mol. The van der Waals surface area contributed by atoms with E-state index in [1.54, 1.807) is 7.11 Å². The quantitative estimate of drug-likeness (QED) is 0.851. The van der Waals surface area contributed by atoms with Crippen molar-refractivity contribution in [1.82, 2.24) is 9.97 Å². The van der Waals surface area contributed by atoms with Crippen molar-refractivity contribution >= 4 is 5.82 Å². The lowest BCUT2D eigenvalue weighted by Gasteiger charge is -2.27. The molecule has 122 valence electrons. The van der Waals surface area contributed by atoms with Gasteiger partial charge in [0.15, 0.2) is 5.82 Å². The molecule has 2 aromatic rings. The predicted molar refractivity (Wildman–Crippen MR) is 89.3 cm³/mol. The van der Waals surface area contributed by atoms with Crippen LogP contribution >= 0.6 is 0 Å². The molecule has 1 aromatic carbocycles. The fourth-order valence-corrected chi connectivity index (χ4v) is 2.74. The standard InChI is InChI=1S/C18H23N3O2/c1-13-10-18(20-17(19-13)12-23-2)21(15-8-9-15)11-16(22)14-6-4-3-5-7-14/h3-7,10,15-16,22H,8-9,11-12H2,1-2H3. The van der Waals surface area contributed by atoms with E-state index in [1.807, 2.05) is 43.3 Å². The van der Waals surface area contributed by atoms with Crippen LogP contribution in [0.2, 0.25) is 0 Å². The van der Waals surface area contributed by atoms with Gasteiger partial charge in [0.25, 0.3) is 0 Å². The first-order valence-corrected chi connectivity index (χ1v) is 8.00. The zero-order valence-electron chi connectivity index (χ0n) is 13.6. The van der Waals surface area contributed by atoms with Crippen LogP contribution in [0.15, 0.2) is 36.4 Å². The molecule has 3 rings (SSSR count). The number of aliphatic hydroxyl groups excluding tert-OH is 1. The van der Waals surface area contributed by atoms with Gasteiger partial charge in [-0.25, -0.2) is 9.97 Å². The molecule has 1 unspecified atom stereocenters. The molecule has 5 heteroatoms. The van der Waals surface area contributed by atoms with Crippen LogP contribution in [0.1, 0.15) is 36.0 Å². The molecule has 0 aliphatic heterocycles. The first-order valence-electron chi connectivity index (χ1n) is 8.00. The van der Waals surface area contributed by atoms with Gasteiger partial charge < -0.3 is 14.7 Å². The third-order valence-corrected chi connectivity index (χ3v) is 4.00.